The normalized spacial score (nSPS) is 17.3. The van der Waals surface area contributed by atoms with Crippen LogP contribution in [0, 0.1) is 12.8 Å². The number of fused-ring (bicyclic) bond motifs is 1. The zero-order valence-electron chi connectivity index (χ0n) is 15.6. The molecule has 1 aromatic heterocycles. The number of hydrogen-bond donors (Lipinski definition) is 1. The van der Waals surface area contributed by atoms with Gasteiger partial charge in [0.2, 0.25) is 11.0 Å². The molecule has 4 rings (SSSR count). The molecule has 1 aromatic carbocycles. The van der Waals surface area contributed by atoms with E-state index in [0.717, 1.165) is 17.8 Å². The number of hydrogen-bond acceptors (Lipinski definition) is 8. The molecular weight excluding hydrogens is 380 g/mol. The Morgan fingerprint density at radius 1 is 1.18 bits per heavy atom. The minimum atomic E-state index is -0.104. The average molecular weight is 402 g/mol. The van der Waals surface area contributed by atoms with Crippen molar-refractivity contribution in [3.05, 3.63) is 28.8 Å². The number of benzene rings is 1. The van der Waals surface area contributed by atoms with Crippen molar-refractivity contribution >= 4 is 28.2 Å². The third kappa shape index (κ3) is 4.31. The van der Waals surface area contributed by atoms with Gasteiger partial charge >= 0.3 is 0 Å². The lowest BCUT2D eigenvalue weighted by atomic mass is 9.88. The first-order valence-corrected chi connectivity index (χ1v) is 10.2. The maximum Gasteiger partial charge on any atom is 0.240 e. The van der Waals surface area contributed by atoms with Crippen molar-refractivity contribution in [2.45, 2.75) is 19.8 Å². The standard InChI is InChI=1S/C19H22N4O4S/c1-12-21-22-19(28-12)20-17(24)11-23-6-4-13(5-7-23)18(25)14-2-3-15-16(10-14)27-9-8-26-15/h2-3,10,13H,4-9,11H2,1H3,(H,20,22,24). The first-order chi connectivity index (χ1) is 13.6. The Labute approximate surface area is 166 Å². The summed E-state index contributed by atoms with van der Waals surface area (Å²) in [5, 5.41) is 11.9. The minimum Gasteiger partial charge on any atom is -0.486 e. The first-order valence-electron chi connectivity index (χ1n) is 9.34. The van der Waals surface area contributed by atoms with Gasteiger partial charge in [-0.25, -0.2) is 0 Å². The van der Waals surface area contributed by atoms with Crippen molar-refractivity contribution in [3.63, 3.8) is 0 Å². The second kappa shape index (κ2) is 8.24. The number of likely N-dealkylation sites (tertiary alicyclic amines) is 1. The van der Waals surface area contributed by atoms with Gasteiger partial charge in [0.15, 0.2) is 17.3 Å². The highest BCUT2D eigenvalue weighted by Gasteiger charge is 2.27. The van der Waals surface area contributed by atoms with Crippen LogP contribution in [0.3, 0.4) is 0 Å². The van der Waals surface area contributed by atoms with Gasteiger partial charge in [-0.05, 0) is 51.1 Å². The van der Waals surface area contributed by atoms with E-state index in [2.05, 4.69) is 20.4 Å². The number of carbonyl (C=O) groups is 2. The highest BCUT2D eigenvalue weighted by Crippen LogP contribution is 2.32. The maximum absolute atomic E-state index is 12.8. The molecule has 0 bridgehead atoms. The summed E-state index contributed by atoms with van der Waals surface area (Å²) in [6.07, 6.45) is 1.47. The molecule has 9 heteroatoms. The van der Waals surface area contributed by atoms with Crippen LogP contribution in [0.5, 0.6) is 11.5 Å². The Morgan fingerprint density at radius 3 is 2.64 bits per heavy atom. The Hall–Kier alpha value is -2.52. The number of aromatic nitrogens is 2. The monoisotopic (exact) mass is 402 g/mol. The smallest absolute Gasteiger partial charge is 0.240 e. The van der Waals surface area contributed by atoms with Gasteiger partial charge < -0.3 is 9.47 Å². The van der Waals surface area contributed by atoms with E-state index in [4.69, 9.17) is 9.47 Å². The highest BCUT2D eigenvalue weighted by atomic mass is 32.1. The predicted octanol–water partition coefficient (Wildman–Crippen LogP) is 2.15. The van der Waals surface area contributed by atoms with E-state index in [1.54, 1.807) is 18.2 Å². The number of ether oxygens (including phenoxy) is 2. The number of carbonyl (C=O) groups excluding carboxylic acids is 2. The highest BCUT2D eigenvalue weighted by molar-refractivity contribution is 7.15. The second-order valence-corrected chi connectivity index (χ2v) is 8.13. The van der Waals surface area contributed by atoms with E-state index < -0.39 is 0 Å². The van der Waals surface area contributed by atoms with Gasteiger partial charge in [0.05, 0.1) is 6.54 Å². The molecule has 28 heavy (non-hydrogen) atoms. The lowest BCUT2D eigenvalue weighted by molar-refractivity contribution is -0.117. The van der Waals surface area contributed by atoms with Crippen LogP contribution in [0.15, 0.2) is 18.2 Å². The zero-order valence-corrected chi connectivity index (χ0v) is 16.5. The van der Waals surface area contributed by atoms with Crippen molar-refractivity contribution in [1.29, 1.82) is 0 Å². The van der Waals surface area contributed by atoms with E-state index in [9.17, 15) is 9.59 Å². The van der Waals surface area contributed by atoms with E-state index in [0.29, 0.717) is 55.0 Å². The molecule has 0 unspecified atom stereocenters. The van der Waals surface area contributed by atoms with Gasteiger partial charge in [0.25, 0.3) is 0 Å². The third-order valence-electron chi connectivity index (χ3n) is 4.92. The van der Waals surface area contributed by atoms with Crippen molar-refractivity contribution < 1.29 is 19.1 Å². The molecule has 0 atom stereocenters. The third-order valence-corrected chi connectivity index (χ3v) is 5.68. The molecule has 0 radical (unpaired) electrons. The van der Waals surface area contributed by atoms with Crippen LogP contribution < -0.4 is 14.8 Å². The SMILES string of the molecule is Cc1nnc(NC(=O)CN2CCC(C(=O)c3ccc4c(c3)OCCO4)CC2)s1. The largest absolute Gasteiger partial charge is 0.486 e. The van der Waals surface area contributed by atoms with Crippen molar-refractivity contribution in [3.8, 4) is 11.5 Å². The summed E-state index contributed by atoms with van der Waals surface area (Å²) in [6, 6.07) is 5.39. The van der Waals surface area contributed by atoms with E-state index in [1.165, 1.54) is 11.3 Å². The fourth-order valence-electron chi connectivity index (χ4n) is 3.49. The minimum absolute atomic E-state index is 0.0346. The maximum atomic E-state index is 12.8. The molecule has 3 heterocycles. The second-order valence-electron chi connectivity index (χ2n) is 6.95. The first kappa shape index (κ1) is 18.8. The molecule has 0 spiro atoms. The number of amides is 1. The van der Waals surface area contributed by atoms with Crippen molar-refractivity contribution in [2.24, 2.45) is 5.92 Å². The number of piperidine rings is 1. The zero-order chi connectivity index (χ0) is 19.5. The summed E-state index contributed by atoms with van der Waals surface area (Å²) >= 11 is 1.35. The van der Waals surface area contributed by atoms with Crippen molar-refractivity contribution in [1.82, 2.24) is 15.1 Å². The van der Waals surface area contributed by atoms with Crippen LogP contribution in [0.2, 0.25) is 0 Å². The lowest BCUT2D eigenvalue weighted by Gasteiger charge is -2.30. The van der Waals surface area contributed by atoms with Crippen LogP contribution in [0.1, 0.15) is 28.2 Å². The van der Waals surface area contributed by atoms with Gasteiger partial charge in [-0.15, -0.1) is 10.2 Å². The van der Waals surface area contributed by atoms with Crippen LogP contribution in [0.25, 0.3) is 0 Å². The summed E-state index contributed by atoms with van der Waals surface area (Å²) in [4.78, 5) is 27.1. The Morgan fingerprint density at radius 2 is 1.93 bits per heavy atom. The number of nitrogens with one attached hydrogen (secondary N) is 1. The average Bonchev–Trinajstić information content (AvgIpc) is 3.12. The summed E-state index contributed by atoms with van der Waals surface area (Å²) in [6.45, 7) is 4.60. The molecule has 148 valence electrons. The molecule has 2 aromatic rings. The quantitative estimate of drug-likeness (QED) is 0.766. The van der Waals surface area contributed by atoms with Gasteiger partial charge in [-0.1, -0.05) is 11.3 Å². The molecule has 8 nitrogen and oxygen atoms in total. The van der Waals surface area contributed by atoms with Gasteiger partial charge in [-0.3, -0.25) is 19.8 Å². The summed E-state index contributed by atoms with van der Waals surface area (Å²) in [7, 11) is 0. The Kier molecular flexibility index (Phi) is 5.54. The van der Waals surface area contributed by atoms with E-state index in [1.807, 2.05) is 6.92 Å². The number of aryl methyl sites for hydroxylation is 1. The molecule has 1 fully saturated rings. The molecule has 2 aliphatic rings. The molecule has 1 saturated heterocycles. The number of Topliss-reactive ketones (excluding diaryl/α,β-unsaturated/α-hetero) is 1. The topological polar surface area (TPSA) is 93.7 Å². The van der Waals surface area contributed by atoms with E-state index in [-0.39, 0.29) is 17.6 Å². The van der Waals surface area contributed by atoms with Crippen LogP contribution in [-0.4, -0.2) is 59.6 Å². The van der Waals surface area contributed by atoms with Gasteiger partial charge in [0.1, 0.15) is 18.2 Å². The number of anilines is 1. The van der Waals surface area contributed by atoms with Gasteiger partial charge in [0, 0.05) is 11.5 Å². The van der Waals surface area contributed by atoms with E-state index >= 15 is 0 Å². The molecule has 0 aliphatic carbocycles. The Bertz CT molecular complexity index is 877. The summed E-state index contributed by atoms with van der Waals surface area (Å²) < 4.78 is 11.1. The molecular formula is C19H22N4O4S. The molecule has 1 N–H and O–H groups in total. The number of nitrogens with zero attached hydrogens (tertiary/aromatic N) is 3. The number of ketones is 1. The van der Waals surface area contributed by atoms with Crippen molar-refractivity contribution in [2.75, 3.05) is 38.2 Å². The van der Waals surface area contributed by atoms with Crippen LogP contribution >= 0.6 is 11.3 Å². The van der Waals surface area contributed by atoms with Gasteiger partial charge in [-0.2, -0.15) is 0 Å². The Balaban J connectivity index is 1.29. The number of rotatable bonds is 5. The summed E-state index contributed by atoms with van der Waals surface area (Å²) in [5.41, 5.74) is 0.659. The van der Waals surface area contributed by atoms with Crippen LogP contribution in [-0.2, 0) is 4.79 Å². The molecule has 0 saturated carbocycles. The molecule has 2 aliphatic heterocycles. The summed E-state index contributed by atoms with van der Waals surface area (Å²) in [5.74, 6) is 1.32. The van der Waals surface area contributed by atoms with Crippen LogP contribution in [0.4, 0.5) is 5.13 Å². The fourth-order valence-corrected chi connectivity index (χ4v) is 4.10. The predicted molar refractivity (Wildman–Crippen MR) is 104 cm³/mol. The lowest BCUT2D eigenvalue weighted by Crippen LogP contribution is -2.40. The fraction of sp³-hybridized carbons (Fsp3) is 0.474. The molecule has 1 amide bonds.